The molecule has 2 rings (SSSR count). The van der Waals surface area contributed by atoms with Gasteiger partial charge in [0.2, 0.25) is 0 Å². The largest absolute Gasteiger partial charge is 0.333 e. The third kappa shape index (κ3) is 2.13. The van der Waals surface area contributed by atoms with E-state index in [4.69, 9.17) is 5.26 Å². The fourth-order valence-electron chi connectivity index (χ4n) is 1.35. The molecule has 15 heavy (non-hydrogen) atoms. The number of H-pyrrole nitrogens is 1. The molecule has 1 unspecified atom stereocenters. The number of rotatable bonds is 2. The van der Waals surface area contributed by atoms with Crippen LogP contribution in [0.3, 0.4) is 0 Å². The highest BCUT2D eigenvalue weighted by molar-refractivity contribution is 8.00. The summed E-state index contributed by atoms with van der Waals surface area (Å²) in [7, 11) is 0. The summed E-state index contributed by atoms with van der Waals surface area (Å²) in [5.41, 5.74) is 3.19. The fraction of sp³-hybridized carbons (Fsp3) is 0.273. The van der Waals surface area contributed by atoms with Crippen LogP contribution in [0.15, 0.2) is 23.4 Å². The van der Waals surface area contributed by atoms with E-state index in [0.717, 1.165) is 16.2 Å². The minimum Gasteiger partial charge on any atom is -0.333 e. The van der Waals surface area contributed by atoms with Crippen molar-refractivity contribution in [3.8, 4) is 6.07 Å². The van der Waals surface area contributed by atoms with Crippen molar-refractivity contribution in [3.63, 3.8) is 0 Å². The van der Waals surface area contributed by atoms with Gasteiger partial charge in [0.1, 0.15) is 0 Å². The summed E-state index contributed by atoms with van der Waals surface area (Å²) in [6.07, 6.45) is 0. The van der Waals surface area contributed by atoms with Crippen LogP contribution in [0.2, 0.25) is 0 Å². The highest BCUT2D eigenvalue weighted by atomic mass is 32.2. The number of imidazole rings is 1. The average Bonchev–Trinajstić information content (AvgIpc) is 2.59. The van der Waals surface area contributed by atoms with Crippen molar-refractivity contribution in [2.24, 2.45) is 0 Å². The van der Waals surface area contributed by atoms with E-state index in [9.17, 15) is 0 Å². The highest BCUT2D eigenvalue weighted by Gasteiger charge is 2.07. The second-order valence-corrected chi connectivity index (χ2v) is 4.78. The SMILES string of the molecule is Cc1ccc2nc(SC(C)C#N)[nH]c2c1. The van der Waals surface area contributed by atoms with Gasteiger partial charge in [-0.05, 0) is 31.5 Å². The standard InChI is InChI=1S/C11H11N3S/c1-7-3-4-9-10(5-7)14-11(13-9)15-8(2)6-12/h3-5,8H,1-2H3,(H,13,14). The van der Waals surface area contributed by atoms with Crippen LogP contribution in [0, 0.1) is 18.3 Å². The molecule has 1 aromatic carbocycles. The smallest absolute Gasteiger partial charge is 0.167 e. The van der Waals surface area contributed by atoms with E-state index < -0.39 is 0 Å². The number of hydrogen-bond acceptors (Lipinski definition) is 3. The number of aryl methyl sites for hydroxylation is 1. The summed E-state index contributed by atoms with van der Waals surface area (Å²) in [5.74, 6) is 0. The lowest BCUT2D eigenvalue weighted by Crippen LogP contribution is -1.89. The molecule has 1 aromatic heterocycles. The lowest BCUT2D eigenvalue weighted by molar-refractivity contribution is 1.07. The van der Waals surface area contributed by atoms with Crippen LogP contribution in [0.4, 0.5) is 0 Å². The molecular weight excluding hydrogens is 206 g/mol. The highest BCUT2D eigenvalue weighted by Crippen LogP contribution is 2.23. The second-order valence-electron chi connectivity index (χ2n) is 3.45. The number of thioether (sulfide) groups is 1. The zero-order valence-corrected chi connectivity index (χ0v) is 9.43. The fourth-order valence-corrected chi connectivity index (χ4v) is 2.06. The average molecular weight is 217 g/mol. The molecule has 0 fully saturated rings. The van der Waals surface area contributed by atoms with Crippen LogP contribution in [-0.2, 0) is 0 Å². The number of hydrogen-bond donors (Lipinski definition) is 1. The van der Waals surface area contributed by atoms with Crippen LogP contribution in [0.5, 0.6) is 0 Å². The summed E-state index contributed by atoms with van der Waals surface area (Å²) in [4.78, 5) is 7.60. The third-order valence-electron chi connectivity index (χ3n) is 2.09. The molecule has 0 saturated carbocycles. The maximum atomic E-state index is 8.70. The first-order valence-corrected chi connectivity index (χ1v) is 5.59. The van der Waals surface area contributed by atoms with Crippen LogP contribution in [-0.4, -0.2) is 15.2 Å². The molecular formula is C11H11N3S. The number of benzene rings is 1. The molecule has 0 spiro atoms. The van der Waals surface area contributed by atoms with Crippen molar-refractivity contribution in [2.75, 3.05) is 0 Å². The molecule has 0 aliphatic heterocycles. The molecule has 1 N–H and O–H groups in total. The van der Waals surface area contributed by atoms with Crippen molar-refractivity contribution in [3.05, 3.63) is 23.8 Å². The van der Waals surface area contributed by atoms with Crippen LogP contribution < -0.4 is 0 Å². The van der Waals surface area contributed by atoms with Gasteiger partial charge >= 0.3 is 0 Å². The van der Waals surface area contributed by atoms with Crippen molar-refractivity contribution in [1.29, 1.82) is 5.26 Å². The van der Waals surface area contributed by atoms with Crippen molar-refractivity contribution in [2.45, 2.75) is 24.3 Å². The molecule has 3 nitrogen and oxygen atoms in total. The Bertz CT molecular complexity index is 524. The van der Waals surface area contributed by atoms with Crippen molar-refractivity contribution in [1.82, 2.24) is 9.97 Å². The molecule has 0 radical (unpaired) electrons. The molecule has 76 valence electrons. The second kappa shape index (κ2) is 3.95. The number of fused-ring (bicyclic) bond motifs is 1. The van der Waals surface area contributed by atoms with Crippen molar-refractivity contribution >= 4 is 22.8 Å². The van der Waals surface area contributed by atoms with E-state index >= 15 is 0 Å². The third-order valence-corrected chi connectivity index (χ3v) is 2.96. The summed E-state index contributed by atoms with van der Waals surface area (Å²) < 4.78 is 0. The normalized spacial score (nSPS) is 12.6. The van der Waals surface area contributed by atoms with E-state index in [-0.39, 0.29) is 5.25 Å². The topological polar surface area (TPSA) is 52.5 Å². The summed E-state index contributed by atoms with van der Waals surface area (Å²) >= 11 is 1.45. The minimum atomic E-state index is -0.0772. The van der Waals surface area contributed by atoms with Gasteiger partial charge in [-0.2, -0.15) is 5.26 Å². The zero-order chi connectivity index (χ0) is 10.8. The van der Waals surface area contributed by atoms with Gasteiger partial charge in [-0.15, -0.1) is 0 Å². The summed E-state index contributed by atoms with van der Waals surface area (Å²) in [6.45, 7) is 3.91. The number of aromatic amines is 1. The van der Waals surface area contributed by atoms with E-state index in [1.54, 1.807) is 0 Å². The quantitative estimate of drug-likeness (QED) is 0.787. The lowest BCUT2D eigenvalue weighted by atomic mass is 10.2. The Morgan fingerprint density at radius 3 is 3.07 bits per heavy atom. The number of nitrogens with zero attached hydrogens (tertiary/aromatic N) is 2. The summed E-state index contributed by atoms with van der Waals surface area (Å²) in [5, 5.41) is 9.44. The predicted octanol–water partition coefficient (Wildman–Crippen LogP) is 2.88. The monoisotopic (exact) mass is 217 g/mol. The molecule has 0 saturated heterocycles. The molecule has 1 heterocycles. The lowest BCUT2D eigenvalue weighted by Gasteiger charge is -1.95. The van der Waals surface area contributed by atoms with Gasteiger partial charge in [-0.3, -0.25) is 0 Å². The molecule has 4 heteroatoms. The molecule has 2 aromatic rings. The predicted molar refractivity (Wildman–Crippen MR) is 61.8 cm³/mol. The van der Waals surface area contributed by atoms with Gasteiger partial charge in [0, 0.05) is 0 Å². The van der Waals surface area contributed by atoms with E-state index in [1.165, 1.54) is 17.3 Å². The Morgan fingerprint density at radius 2 is 2.33 bits per heavy atom. The molecule has 0 bridgehead atoms. The maximum absolute atomic E-state index is 8.70. The molecule has 0 aliphatic carbocycles. The van der Waals surface area contributed by atoms with Gasteiger partial charge in [-0.25, -0.2) is 4.98 Å². The number of nitrogens with one attached hydrogen (secondary N) is 1. The summed E-state index contributed by atoms with van der Waals surface area (Å²) in [6, 6.07) is 8.25. The van der Waals surface area contributed by atoms with Crippen LogP contribution in [0.1, 0.15) is 12.5 Å². The van der Waals surface area contributed by atoms with Gasteiger partial charge in [0.15, 0.2) is 5.16 Å². The Kier molecular flexibility index (Phi) is 2.65. The van der Waals surface area contributed by atoms with Gasteiger partial charge in [0.25, 0.3) is 0 Å². The number of nitriles is 1. The maximum Gasteiger partial charge on any atom is 0.167 e. The minimum absolute atomic E-state index is 0.0772. The Labute approximate surface area is 92.5 Å². The van der Waals surface area contributed by atoms with Crippen LogP contribution >= 0.6 is 11.8 Å². The van der Waals surface area contributed by atoms with Gasteiger partial charge in [-0.1, -0.05) is 17.8 Å². The first kappa shape index (κ1) is 10.1. The zero-order valence-electron chi connectivity index (χ0n) is 8.61. The van der Waals surface area contributed by atoms with Gasteiger partial charge in [0.05, 0.1) is 22.4 Å². The van der Waals surface area contributed by atoms with Crippen molar-refractivity contribution < 1.29 is 0 Å². The van der Waals surface area contributed by atoms with E-state index in [1.807, 2.05) is 26.0 Å². The Balaban J connectivity index is 2.35. The molecule has 1 atom stereocenters. The Morgan fingerprint density at radius 1 is 1.53 bits per heavy atom. The van der Waals surface area contributed by atoms with Gasteiger partial charge < -0.3 is 4.98 Å². The first-order chi connectivity index (χ1) is 7.19. The first-order valence-electron chi connectivity index (χ1n) is 4.71. The molecule has 0 aliphatic rings. The van der Waals surface area contributed by atoms with Crippen LogP contribution in [0.25, 0.3) is 11.0 Å². The molecule has 0 amide bonds. The van der Waals surface area contributed by atoms with E-state index in [0.29, 0.717) is 0 Å². The Hall–Kier alpha value is -1.47. The van der Waals surface area contributed by atoms with E-state index in [2.05, 4.69) is 22.1 Å². The number of aromatic nitrogens is 2.